The minimum Gasteiger partial charge on any atom is -0.468 e. The molecule has 166 valence electrons. The molecule has 2 aliphatic rings. The molecule has 0 saturated carbocycles. The number of hydrogen-bond acceptors (Lipinski definition) is 5. The van der Waals surface area contributed by atoms with Gasteiger partial charge in [0.25, 0.3) is 0 Å². The van der Waals surface area contributed by atoms with Gasteiger partial charge in [0.1, 0.15) is 5.76 Å². The van der Waals surface area contributed by atoms with Crippen LogP contribution in [0.25, 0.3) is 0 Å². The Morgan fingerprint density at radius 2 is 1.97 bits per heavy atom. The highest BCUT2D eigenvalue weighted by atomic mass is 127. The van der Waals surface area contributed by atoms with Gasteiger partial charge in [-0.3, -0.25) is 14.8 Å². The molecule has 0 aliphatic carbocycles. The van der Waals surface area contributed by atoms with Crippen LogP contribution in [0, 0.1) is 0 Å². The van der Waals surface area contributed by atoms with Crippen molar-refractivity contribution in [3.8, 4) is 0 Å². The summed E-state index contributed by atoms with van der Waals surface area (Å²) in [6.07, 6.45) is 5.62. The minimum atomic E-state index is 0. The van der Waals surface area contributed by atoms with Gasteiger partial charge in [-0.25, -0.2) is 0 Å². The van der Waals surface area contributed by atoms with E-state index in [1.54, 1.807) is 6.26 Å². The first-order valence-corrected chi connectivity index (χ1v) is 10.7. The highest BCUT2D eigenvalue weighted by Gasteiger charge is 2.26. The van der Waals surface area contributed by atoms with E-state index in [4.69, 9.17) is 9.15 Å². The number of piperidine rings is 1. The molecule has 1 aromatic rings. The third-order valence-corrected chi connectivity index (χ3v) is 5.94. The number of morpholine rings is 1. The zero-order valence-corrected chi connectivity index (χ0v) is 20.4. The maximum Gasteiger partial charge on any atom is 0.191 e. The van der Waals surface area contributed by atoms with Crippen LogP contribution in [0.2, 0.25) is 0 Å². The average Bonchev–Trinajstić information content (AvgIpc) is 3.26. The summed E-state index contributed by atoms with van der Waals surface area (Å²) >= 11 is 0. The molecule has 2 fully saturated rings. The number of rotatable bonds is 7. The molecule has 0 spiro atoms. The lowest BCUT2D eigenvalue weighted by atomic mass is 10.1. The van der Waals surface area contributed by atoms with Crippen molar-refractivity contribution < 1.29 is 9.15 Å². The highest BCUT2D eigenvalue weighted by molar-refractivity contribution is 14.0. The van der Waals surface area contributed by atoms with Gasteiger partial charge in [-0.15, -0.1) is 24.0 Å². The molecular weight excluding hydrogens is 481 g/mol. The molecule has 2 N–H and O–H groups in total. The quantitative estimate of drug-likeness (QED) is 0.328. The lowest BCUT2D eigenvalue weighted by molar-refractivity contribution is -0.0174. The Kier molecular flexibility index (Phi) is 10.8. The van der Waals surface area contributed by atoms with Crippen molar-refractivity contribution in [2.45, 2.75) is 51.2 Å². The van der Waals surface area contributed by atoms with E-state index in [-0.39, 0.29) is 30.0 Å². The van der Waals surface area contributed by atoms with Crippen molar-refractivity contribution >= 4 is 29.9 Å². The smallest absolute Gasteiger partial charge is 0.191 e. The summed E-state index contributed by atoms with van der Waals surface area (Å²) in [5.74, 6) is 1.88. The van der Waals surface area contributed by atoms with Gasteiger partial charge in [-0.05, 0) is 51.9 Å². The number of guanidine groups is 1. The van der Waals surface area contributed by atoms with Gasteiger partial charge >= 0.3 is 0 Å². The number of aliphatic imine (C=N–C) groups is 1. The van der Waals surface area contributed by atoms with E-state index in [1.165, 1.54) is 19.3 Å². The fraction of sp³-hybridized carbons (Fsp3) is 0.762. The molecule has 1 aromatic heterocycles. The number of likely N-dealkylation sites (tertiary alicyclic amines) is 1. The number of nitrogens with zero attached hydrogens (tertiary/aromatic N) is 3. The van der Waals surface area contributed by atoms with Gasteiger partial charge in [-0.2, -0.15) is 0 Å². The van der Waals surface area contributed by atoms with Crippen molar-refractivity contribution in [3.05, 3.63) is 24.2 Å². The normalized spacial score (nSPS) is 23.8. The second-order valence-corrected chi connectivity index (χ2v) is 7.97. The Morgan fingerprint density at radius 1 is 1.21 bits per heavy atom. The van der Waals surface area contributed by atoms with Crippen LogP contribution in [0.4, 0.5) is 0 Å². The van der Waals surface area contributed by atoms with Gasteiger partial charge in [-0.1, -0.05) is 6.42 Å². The maximum absolute atomic E-state index is 5.74. The molecule has 0 aromatic carbocycles. The lowest BCUT2D eigenvalue weighted by Gasteiger charge is -2.38. The van der Waals surface area contributed by atoms with Gasteiger partial charge in [0.15, 0.2) is 5.96 Å². The highest BCUT2D eigenvalue weighted by Crippen LogP contribution is 2.24. The Bertz CT molecular complexity index is 592. The number of nitrogens with one attached hydrogen (secondary N) is 2. The molecule has 2 saturated heterocycles. The van der Waals surface area contributed by atoms with Crippen LogP contribution < -0.4 is 10.6 Å². The summed E-state index contributed by atoms with van der Waals surface area (Å²) in [4.78, 5) is 9.46. The van der Waals surface area contributed by atoms with Gasteiger partial charge in [0.2, 0.25) is 0 Å². The molecule has 0 amide bonds. The van der Waals surface area contributed by atoms with Crippen LogP contribution in [0.3, 0.4) is 0 Å². The standard InChI is InChI=1S/C21H37N5O2.HI/c1-17(26-11-13-27-16-18(26)2)14-23-21(22-3)24-15-19(20-8-7-12-28-20)25-9-5-4-6-10-25;/h7-8,12,17-19H,4-6,9-11,13-16H2,1-3H3,(H2,22,23,24);1H. The first kappa shape index (κ1) is 24.4. The van der Waals surface area contributed by atoms with E-state index >= 15 is 0 Å². The molecule has 29 heavy (non-hydrogen) atoms. The fourth-order valence-corrected chi connectivity index (χ4v) is 4.29. The number of halogens is 1. The van der Waals surface area contributed by atoms with Crippen LogP contribution in [0.1, 0.15) is 44.9 Å². The van der Waals surface area contributed by atoms with Crippen molar-refractivity contribution in [1.29, 1.82) is 0 Å². The number of ether oxygens (including phenoxy) is 1. The maximum atomic E-state index is 5.74. The zero-order valence-electron chi connectivity index (χ0n) is 18.1. The Balaban J connectivity index is 0.00000300. The van der Waals surface area contributed by atoms with Crippen molar-refractivity contribution in [2.24, 2.45) is 4.99 Å². The third kappa shape index (κ3) is 7.11. The largest absolute Gasteiger partial charge is 0.468 e. The van der Waals surface area contributed by atoms with E-state index in [9.17, 15) is 0 Å². The lowest BCUT2D eigenvalue weighted by Crippen LogP contribution is -2.53. The van der Waals surface area contributed by atoms with Gasteiger partial charge in [0.05, 0.1) is 25.5 Å². The third-order valence-electron chi connectivity index (χ3n) is 5.94. The summed E-state index contributed by atoms with van der Waals surface area (Å²) in [6, 6.07) is 5.19. The summed E-state index contributed by atoms with van der Waals surface area (Å²) in [7, 11) is 1.83. The molecule has 7 nitrogen and oxygen atoms in total. The first-order chi connectivity index (χ1) is 13.7. The van der Waals surface area contributed by atoms with Crippen LogP contribution in [0.15, 0.2) is 27.8 Å². The van der Waals surface area contributed by atoms with Crippen molar-refractivity contribution in [3.63, 3.8) is 0 Å². The van der Waals surface area contributed by atoms with Crippen LogP contribution in [0.5, 0.6) is 0 Å². The summed E-state index contributed by atoms with van der Waals surface area (Å²) in [5.41, 5.74) is 0. The molecule has 3 atom stereocenters. The van der Waals surface area contributed by atoms with E-state index in [0.29, 0.717) is 12.1 Å². The molecular formula is C21H38IN5O2. The second-order valence-electron chi connectivity index (χ2n) is 7.97. The van der Waals surface area contributed by atoms with Crippen molar-refractivity contribution in [2.75, 3.05) is 53.0 Å². The summed E-state index contributed by atoms with van der Waals surface area (Å²) in [6.45, 7) is 11.0. The molecule has 0 radical (unpaired) electrons. The number of furan rings is 1. The first-order valence-electron chi connectivity index (χ1n) is 10.7. The van der Waals surface area contributed by atoms with Crippen molar-refractivity contribution in [1.82, 2.24) is 20.4 Å². The van der Waals surface area contributed by atoms with Crippen LogP contribution in [-0.4, -0.2) is 80.8 Å². The molecule has 0 bridgehead atoms. The van der Waals surface area contributed by atoms with E-state index in [1.807, 2.05) is 13.1 Å². The topological polar surface area (TPSA) is 65.3 Å². The second kappa shape index (κ2) is 12.8. The Morgan fingerprint density at radius 3 is 2.62 bits per heavy atom. The molecule has 2 aliphatic heterocycles. The van der Waals surface area contributed by atoms with E-state index in [0.717, 1.165) is 57.7 Å². The SMILES string of the molecule is CN=C(NCC(c1ccco1)N1CCCCC1)NCC(C)N1CCOCC1C.I. The minimum absolute atomic E-state index is 0. The Hall–Kier alpha value is -0.840. The molecule has 3 rings (SSSR count). The zero-order chi connectivity index (χ0) is 19.8. The van der Waals surface area contributed by atoms with Gasteiger partial charge < -0.3 is 19.8 Å². The summed E-state index contributed by atoms with van der Waals surface area (Å²) < 4.78 is 11.3. The van der Waals surface area contributed by atoms with Crippen LogP contribution >= 0.6 is 24.0 Å². The fourth-order valence-electron chi connectivity index (χ4n) is 4.29. The Labute approximate surface area is 192 Å². The predicted molar refractivity (Wildman–Crippen MR) is 128 cm³/mol. The van der Waals surface area contributed by atoms with E-state index in [2.05, 4.69) is 45.3 Å². The van der Waals surface area contributed by atoms with Crippen LogP contribution in [-0.2, 0) is 4.74 Å². The molecule has 3 heterocycles. The molecule has 3 unspecified atom stereocenters. The monoisotopic (exact) mass is 519 g/mol. The average molecular weight is 519 g/mol. The molecule has 8 heteroatoms. The van der Waals surface area contributed by atoms with Gasteiger partial charge in [0, 0.05) is 38.8 Å². The number of hydrogen-bond donors (Lipinski definition) is 2. The van der Waals surface area contributed by atoms with E-state index < -0.39 is 0 Å². The predicted octanol–water partition coefficient (Wildman–Crippen LogP) is 2.70. The summed E-state index contributed by atoms with van der Waals surface area (Å²) in [5, 5.41) is 7.02.